The number of hydrogen-bond donors (Lipinski definition) is 2. The molecule has 216 valence electrons. The minimum Gasteiger partial charge on any atom is -0.494 e. The lowest BCUT2D eigenvalue weighted by Gasteiger charge is -2.17. The number of rotatable bonds is 15. The fourth-order valence-electron chi connectivity index (χ4n) is 4.67. The molecule has 2 heterocycles. The average molecular weight is 581 g/mol. The maximum absolute atomic E-state index is 14.4. The van der Waals surface area contributed by atoms with Crippen LogP contribution in [0.2, 0.25) is 0 Å². The number of fused-ring (bicyclic) bond motifs is 1. The number of nitrogens with two attached hydrogens (primary N) is 1. The molecule has 4 rings (SSSR count). The van der Waals surface area contributed by atoms with Crippen LogP contribution in [0.4, 0.5) is 4.39 Å². The second-order valence-corrected chi connectivity index (χ2v) is 10.3. The van der Waals surface area contributed by atoms with Crippen LogP contribution in [0.1, 0.15) is 46.5 Å². The standard InChI is InChI=1S/C31H33FN2O6S/c1-38-27-12-10-24(34-29(27)22-18-41-31-21(22)7-5-8-23(31)32)30(37)20(6-3-4-13-33)16-25(36)19-9-11-26(40-15-14-35)28(17-19)39-2/h5,7-12,17-18,20,35H,3-4,6,13-16,33H2,1-2H3/t20-/m0/s1. The summed E-state index contributed by atoms with van der Waals surface area (Å²) in [6, 6.07) is 12.9. The molecule has 0 aliphatic rings. The van der Waals surface area contributed by atoms with Gasteiger partial charge in [0.05, 0.1) is 25.5 Å². The molecule has 0 aliphatic carbocycles. The van der Waals surface area contributed by atoms with Gasteiger partial charge in [0.15, 0.2) is 23.1 Å². The molecule has 0 radical (unpaired) electrons. The largest absolute Gasteiger partial charge is 0.494 e. The third-order valence-electron chi connectivity index (χ3n) is 6.78. The van der Waals surface area contributed by atoms with Crippen molar-refractivity contribution in [3.8, 4) is 28.5 Å². The van der Waals surface area contributed by atoms with Crippen LogP contribution in [-0.2, 0) is 0 Å². The van der Waals surface area contributed by atoms with Gasteiger partial charge in [-0.05, 0) is 55.8 Å². The fourth-order valence-corrected chi connectivity index (χ4v) is 5.63. The summed E-state index contributed by atoms with van der Waals surface area (Å²) < 4.78 is 31.2. The Morgan fingerprint density at radius 1 is 1.05 bits per heavy atom. The van der Waals surface area contributed by atoms with Crippen LogP contribution in [0.25, 0.3) is 21.3 Å². The first-order chi connectivity index (χ1) is 19.9. The number of pyridine rings is 1. The van der Waals surface area contributed by atoms with E-state index in [2.05, 4.69) is 4.98 Å². The highest BCUT2D eigenvalue weighted by Gasteiger charge is 2.27. The molecule has 41 heavy (non-hydrogen) atoms. The van der Waals surface area contributed by atoms with Crippen molar-refractivity contribution in [2.24, 2.45) is 11.7 Å². The van der Waals surface area contributed by atoms with Crippen molar-refractivity contribution in [1.82, 2.24) is 4.98 Å². The summed E-state index contributed by atoms with van der Waals surface area (Å²) in [6.45, 7) is 0.416. The zero-order valence-corrected chi connectivity index (χ0v) is 23.8. The Morgan fingerprint density at radius 3 is 2.56 bits per heavy atom. The van der Waals surface area contributed by atoms with Gasteiger partial charge in [-0.15, -0.1) is 11.3 Å². The van der Waals surface area contributed by atoms with E-state index in [9.17, 15) is 14.0 Å². The summed E-state index contributed by atoms with van der Waals surface area (Å²) >= 11 is 1.26. The molecule has 8 nitrogen and oxygen atoms in total. The normalized spacial score (nSPS) is 11.8. The number of benzene rings is 2. The summed E-state index contributed by atoms with van der Waals surface area (Å²) in [4.78, 5) is 31.9. The van der Waals surface area contributed by atoms with E-state index >= 15 is 0 Å². The SMILES string of the molecule is COc1cc(C(=O)C[C@H](CCCCN)C(=O)c2ccc(OC)c(-c3csc4c(F)cccc34)n2)ccc1OCCO. The first-order valence-corrected chi connectivity index (χ1v) is 14.2. The number of ether oxygens (including phenoxy) is 3. The van der Waals surface area contributed by atoms with Crippen LogP contribution in [0.5, 0.6) is 17.2 Å². The third kappa shape index (κ3) is 6.90. The number of aromatic nitrogens is 1. The summed E-state index contributed by atoms with van der Waals surface area (Å²) in [5, 5.41) is 11.5. The lowest BCUT2D eigenvalue weighted by molar-refractivity contribution is 0.0840. The molecule has 2 aromatic carbocycles. The average Bonchev–Trinajstić information content (AvgIpc) is 3.44. The zero-order valence-electron chi connectivity index (χ0n) is 23.0. The molecule has 1 atom stereocenters. The third-order valence-corrected chi connectivity index (χ3v) is 7.79. The highest BCUT2D eigenvalue weighted by Crippen LogP contribution is 2.39. The van der Waals surface area contributed by atoms with E-state index in [-0.39, 0.29) is 42.7 Å². The number of thiophene rings is 1. The van der Waals surface area contributed by atoms with Crippen molar-refractivity contribution in [2.45, 2.75) is 25.7 Å². The number of Topliss-reactive ketones (excluding diaryl/α,β-unsaturated/α-hetero) is 2. The number of aliphatic hydroxyl groups excluding tert-OH is 1. The maximum atomic E-state index is 14.4. The van der Waals surface area contributed by atoms with Gasteiger partial charge in [-0.2, -0.15) is 0 Å². The van der Waals surface area contributed by atoms with Gasteiger partial charge in [0, 0.05) is 34.2 Å². The Hall–Kier alpha value is -3.86. The van der Waals surface area contributed by atoms with E-state index in [0.717, 1.165) is 6.42 Å². The first-order valence-electron chi connectivity index (χ1n) is 13.3. The predicted octanol–water partition coefficient (Wildman–Crippen LogP) is 5.69. The summed E-state index contributed by atoms with van der Waals surface area (Å²) in [5.74, 6) is -0.225. The number of halogens is 1. The van der Waals surface area contributed by atoms with E-state index < -0.39 is 5.92 Å². The van der Waals surface area contributed by atoms with Gasteiger partial charge in [-0.25, -0.2) is 9.37 Å². The quantitative estimate of drug-likeness (QED) is 0.136. The smallest absolute Gasteiger partial charge is 0.184 e. The number of unbranched alkanes of at least 4 members (excludes halogenated alkanes) is 1. The van der Waals surface area contributed by atoms with Crippen molar-refractivity contribution >= 4 is 33.0 Å². The van der Waals surface area contributed by atoms with Crippen LogP contribution in [0.3, 0.4) is 0 Å². The highest BCUT2D eigenvalue weighted by atomic mass is 32.1. The van der Waals surface area contributed by atoms with Crippen LogP contribution >= 0.6 is 11.3 Å². The van der Waals surface area contributed by atoms with E-state index in [1.807, 2.05) is 6.07 Å². The van der Waals surface area contributed by atoms with Crippen molar-refractivity contribution < 1.29 is 33.3 Å². The Kier molecular flexibility index (Phi) is 10.4. The molecular weight excluding hydrogens is 547 g/mol. The molecule has 0 saturated heterocycles. The van der Waals surface area contributed by atoms with Crippen LogP contribution < -0.4 is 19.9 Å². The van der Waals surface area contributed by atoms with Crippen molar-refractivity contribution in [3.05, 3.63) is 71.0 Å². The lowest BCUT2D eigenvalue weighted by Crippen LogP contribution is -2.21. The molecule has 0 saturated carbocycles. The molecule has 3 N–H and O–H groups in total. The summed E-state index contributed by atoms with van der Waals surface area (Å²) in [7, 11) is 2.98. The lowest BCUT2D eigenvalue weighted by atomic mass is 9.88. The van der Waals surface area contributed by atoms with Gasteiger partial charge in [-0.1, -0.05) is 18.6 Å². The second kappa shape index (κ2) is 14.2. The summed E-state index contributed by atoms with van der Waals surface area (Å²) in [5.41, 5.74) is 7.38. The monoisotopic (exact) mass is 580 g/mol. The van der Waals surface area contributed by atoms with E-state index in [4.69, 9.17) is 25.1 Å². The number of methoxy groups -OCH3 is 2. The number of carbonyl (C=O) groups is 2. The van der Waals surface area contributed by atoms with Crippen LogP contribution in [-0.4, -0.2) is 55.6 Å². The van der Waals surface area contributed by atoms with Gasteiger partial charge < -0.3 is 25.1 Å². The van der Waals surface area contributed by atoms with Crippen molar-refractivity contribution in [3.63, 3.8) is 0 Å². The molecule has 0 unspecified atom stereocenters. The molecule has 0 aliphatic heterocycles. The van der Waals surface area contributed by atoms with E-state index in [1.54, 1.807) is 41.8 Å². The number of nitrogens with zero attached hydrogens (tertiary/aromatic N) is 1. The van der Waals surface area contributed by atoms with Crippen molar-refractivity contribution in [1.29, 1.82) is 0 Å². The van der Waals surface area contributed by atoms with Gasteiger partial charge >= 0.3 is 0 Å². The van der Waals surface area contributed by atoms with E-state index in [1.165, 1.54) is 31.6 Å². The first kappa shape index (κ1) is 30.1. The second-order valence-electron chi connectivity index (χ2n) is 9.42. The predicted molar refractivity (Wildman–Crippen MR) is 157 cm³/mol. The Balaban J connectivity index is 1.64. The minimum atomic E-state index is -0.629. The minimum absolute atomic E-state index is 0.0287. The molecule has 0 bridgehead atoms. The molecule has 0 amide bonds. The molecule has 10 heteroatoms. The fraction of sp³-hybridized carbons (Fsp3) is 0.323. The number of ketones is 2. The molecule has 2 aromatic heterocycles. The Labute approximate surface area is 241 Å². The number of aliphatic hydroxyl groups is 1. The molecular formula is C31H33FN2O6S. The van der Waals surface area contributed by atoms with Crippen LogP contribution in [0.15, 0.2) is 53.9 Å². The summed E-state index contributed by atoms with van der Waals surface area (Å²) in [6.07, 6.45) is 1.83. The van der Waals surface area contributed by atoms with Crippen LogP contribution in [0, 0.1) is 11.7 Å². The van der Waals surface area contributed by atoms with Gasteiger partial charge in [0.1, 0.15) is 29.6 Å². The topological polar surface area (TPSA) is 121 Å². The van der Waals surface area contributed by atoms with Gasteiger partial charge in [-0.3, -0.25) is 9.59 Å². The molecule has 0 fully saturated rings. The number of carbonyl (C=O) groups excluding carboxylic acids is 2. The Morgan fingerprint density at radius 2 is 1.83 bits per heavy atom. The van der Waals surface area contributed by atoms with Gasteiger partial charge in [0.25, 0.3) is 0 Å². The van der Waals surface area contributed by atoms with Crippen molar-refractivity contribution in [2.75, 3.05) is 34.0 Å². The Bertz CT molecular complexity index is 1520. The molecule has 4 aromatic rings. The molecule has 0 spiro atoms. The maximum Gasteiger partial charge on any atom is 0.184 e. The highest BCUT2D eigenvalue weighted by molar-refractivity contribution is 7.17. The zero-order chi connectivity index (χ0) is 29.4. The van der Waals surface area contributed by atoms with E-state index in [0.29, 0.717) is 63.5 Å². The number of hydrogen-bond acceptors (Lipinski definition) is 9. The van der Waals surface area contributed by atoms with Gasteiger partial charge in [0.2, 0.25) is 0 Å².